The smallest absolute Gasteiger partial charge is 0.356 e. The number of piperidine rings is 1. The van der Waals surface area contributed by atoms with E-state index in [0.29, 0.717) is 25.9 Å². The molecular weight excluding hydrogens is 479 g/mol. The normalized spacial score (nSPS) is 14.9. The lowest BCUT2D eigenvalue weighted by Crippen LogP contribution is -2.43. The predicted molar refractivity (Wildman–Crippen MR) is 130 cm³/mol. The molecule has 0 unspecified atom stereocenters. The van der Waals surface area contributed by atoms with Gasteiger partial charge in [0.2, 0.25) is 11.8 Å². The topological polar surface area (TPSA) is 78.4 Å². The quantitative estimate of drug-likeness (QED) is 0.547. The molecule has 0 aliphatic carbocycles. The van der Waals surface area contributed by atoms with Gasteiger partial charge in [-0.3, -0.25) is 9.59 Å². The van der Waals surface area contributed by atoms with E-state index in [-0.39, 0.29) is 24.1 Å². The average Bonchev–Trinajstić information content (AvgIpc) is 3.11. The highest BCUT2D eigenvalue weighted by Crippen LogP contribution is 2.36. The van der Waals surface area contributed by atoms with E-state index >= 15 is 0 Å². The van der Waals surface area contributed by atoms with Crippen LogP contribution in [0.25, 0.3) is 10.2 Å². The number of nitrogens with zero attached hydrogens (tertiary/aromatic N) is 4. The van der Waals surface area contributed by atoms with E-state index < -0.39 is 17.6 Å². The number of hydrogen-bond acceptors (Lipinski definition) is 6. The lowest BCUT2D eigenvalue weighted by molar-refractivity contribution is -0.138. The Bertz CT molecular complexity index is 1250. The number of para-hydroxylation sites is 1. The van der Waals surface area contributed by atoms with Crippen molar-refractivity contribution >= 4 is 44.9 Å². The molecule has 7 nitrogen and oxygen atoms in total. The van der Waals surface area contributed by atoms with Gasteiger partial charge in [-0.05, 0) is 44.4 Å². The van der Waals surface area contributed by atoms with Crippen molar-refractivity contribution < 1.29 is 22.8 Å². The van der Waals surface area contributed by atoms with Crippen molar-refractivity contribution in [3.8, 4) is 0 Å². The fraction of sp³-hybridized carbons (Fsp3) is 0.417. The minimum Gasteiger partial charge on any atom is -0.356 e. The van der Waals surface area contributed by atoms with Crippen molar-refractivity contribution in [1.29, 1.82) is 0 Å². The standard InChI is InChI=1S/C24H26F3N5O2S/c1-14-15(2)35-22-20(14)21(28-13-29-22)32-10-8-16(9-11-32)23(34)31(3)12-19(33)30-18-7-5-4-6-17(18)24(25,26)27/h4-7,13,16H,8-12H2,1-3H3,(H,30,33). The van der Waals surface area contributed by atoms with Crippen molar-refractivity contribution in [3.63, 3.8) is 0 Å². The van der Waals surface area contributed by atoms with Crippen molar-refractivity contribution in [2.24, 2.45) is 5.92 Å². The third-order valence-electron chi connectivity index (χ3n) is 6.35. The molecule has 0 atom stereocenters. The zero-order chi connectivity index (χ0) is 25.3. The maximum atomic E-state index is 13.2. The van der Waals surface area contributed by atoms with Gasteiger partial charge >= 0.3 is 6.18 Å². The number of alkyl halides is 3. The molecule has 1 N–H and O–H groups in total. The summed E-state index contributed by atoms with van der Waals surface area (Å²) in [5.41, 5.74) is -0.0875. The molecular formula is C24H26F3N5O2S. The Balaban J connectivity index is 1.36. The molecule has 0 saturated carbocycles. The van der Waals surface area contributed by atoms with E-state index in [9.17, 15) is 22.8 Å². The van der Waals surface area contributed by atoms with Crippen molar-refractivity contribution in [2.75, 3.05) is 36.9 Å². The Morgan fingerprint density at radius 1 is 1.17 bits per heavy atom. The molecule has 1 saturated heterocycles. The molecule has 1 aliphatic heterocycles. The number of fused-ring (bicyclic) bond motifs is 1. The van der Waals surface area contributed by atoms with Gasteiger partial charge in [-0.2, -0.15) is 13.2 Å². The second kappa shape index (κ2) is 9.80. The Labute approximate surface area is 205 Å². The van der Waals surface area contributed by atoms with Crippen LogP contribution < -0.4 is 10.2 Å². The van der Waals surface area contributed by atoms with Crippen LogP contribution in [0.1, 0.15) is 28.8 Å². The number of rotatable bonds is 5. The molecule has 2 amide bonds. The third-order valence-corrected chi connectivity index (χ3v) is 7.47. The molecule has 35 heavy (non-hydrogen) atoms. The van der Waals surface area contributed by atoms with E-state index in [0.717, 1.165) is 27.7 Å². The number of hydrogen-bond donors (Lipinski definition) is 1. The maximum absolute atomic E-state index is 13.2. The molecule has 4 rings (SSSR count). The van der Waals surface area contributed by atoms with E-state index in [1.165, 1.54) is 35.0 Å². The zero-order valence-electron chi connectivity index (χ0n) is 19.6. The van der Waals surface area contributed by atoms with Crippen LogP contribution in [0, 0.1) is 19.8 Å². The summed E-state index contributed by atoms with van der Waals surface area (Å²) in [5, 5.41) is 3.33. The minimum atomic E-state index is -4.59. The van der Waals surface area contributed by atoms with Crippen molar-refractivity contribution in [1.82, 2.24) is 14.9 Å². The van der Waals surface area contributed by atoms with Gasteiger partial charge in [-0.25, -0.2) is 9.97 Å². The molecule has 1 aliphatic rings. The summed E-state index contributed by atoms with van der Waals surface area (Å²) in [7, 11) is 1.50. The number of carbonyl (C=O) groups is 2. The van der Waals surface area contributed by atoms with Crippen LogP contribution in [0.2, 0.25) is 0 Å². The SMILES string of the molecule is Cc1sc2ncnc(N3CCC(C(=O)N(C)CC(=O)Nc4ccccc4C(F)(F)F)CC3)c2c1C. The molecule has 0 spiro atoms. The first-order valence-corrected chi connectivity index (χ1v) is 12.0. The van der Waals surface area contributed by atoms with E-state index in [1.54, 1.807) is 17.7 Å². The zero-order valence-corrected chi connectivity index (χ0v) is 20.5. The predicted octanol–water partition coefficient (Wildman–Crippen LogP) is 4.64. The first-order valence-electron chi connectivity index (χ1n) is 11.2. The number of thiophene rings is 1. The lowest BCUT2D eigenvalue weighted by atomic mass is 9.95. The van der Waals surface area contributed by atoms with Crippen LogP contribution in [0.4, 0.5) is 24.7 Å². The first kappa shape index (κ1) is 24.9. The minimum absolute atomic E-state index is 0.195. The van der Waals surface area contributed by atoms with Gasteiger partial charge in [-0.1, -0.05) is 12.1 Å². The highest BCUT2D eigenvalue weighted by Gasteiger charge is 2.34. The number of anilines is 2. The number of carbonyl (C=O) groups excluding carboxylic acids is 2. The summed E-state index contributed by atoms with van der Waals surface area (Å²) in [4.78, 5) is 39.8. The molecule has 2 aromatic heterocycles. The van der Waals surface area contributed by atoms with E-state index in [2.05, 4.69) is 34.0 Å². The van der Waals surface area contributed by atoms with Crippen LogP contribution in [-0.4, -0.2) is 53.4 Å². The summed E-state index contributed by atoms with van der Waals surface area (Å²) < 4.78 is 39.5. The number of likely N-dealkylation sites (N-methyl/N-ethyl adjacent to an activating group) is 1. The number of aromatic nitrogens is 2. The van der Waals surface area contributed by atoms with E-state index in [1.807, 2.05) is 0 Å². The summed E-state index contributed by atoms with van der Waals surface area (Å²) in [5.74, 6) is -0.270. The molecule has 186 valence electrons. The molecule has 1 fully saturated rings. The van der Waals surface area contributed by atoms with Crippen LogP contribution in [0.5, 0.6) is 0 Å². The summed E-state index contributed by atoms with van der Waals surface area (Å²) in [6.07, 6.45) is -1.84. The van der Waals surface area contributed by atoms with Gasteiger partial charge in [0.05, 0.1) is 23.2 Å². The van der Waals surface area contributed by atoms with Gasteiger partial charge < -0.3 is 15.1 Å². The van der Waals surface area contributed by atoms with Gasteiger partial charge in [0.15, 0.2) is 0 Å². The molecule has 11 heteroatoms. The number of nitrogens with one attached hydrogen (secondary N) is 1. The highest BCUT2D eigenvalue weighted by molar-refractivity contribution is 7.18. The van der Waals surface area contributed by atoms with Crippen LogP contribution in [0.3, 0.4) is 0 Å². The number of benzene rings is 1. The number of aryl methyl sites for hydroxylation is 2. The Kier molecular flexibility index (Phi) is 6.98. The molecule has 0 bridgehead atoms. The van der Waals surface area contributed by atoms with Gasteiger partial charge in [0.1, 0.15) is 17.0 Å². The summed E-state index contributed by atoms with van der Waals surface area (Å²) in [6.45, 7) is 5.06. The molecule has 1 aromatic carbocycles. The Hall–Kier alpha value is -3.21. The number of amides is 2. The third kappa shape index (κ3) is 5.24. The van der Waals surface area contributed by atoms with Gasteiger partial charge in [-0.15, -0.1) is 11.3 Å². The Morgan fingerprint density at radius 2 is 1.86 bits per heavy atom. The number of halogens is 3. The van der Waals surface area contributed by atoms with Crippen molar-refractivity contribution in [3.05, 3.63) is 46.6 Å². The first-order chi connectivity index (χ1) is 16.6. The molecule has 3 aromatic rings. The summed E-state index contributed by atoms with van der Waals surface area (Å²) >= 11 is 1.64. The van der Waals surface area contributed by atoms with Gasteiger partial charge in [0, 0.05) is 30.9 Å². The largest absolute Gasteiger partial charge is 0.418 e. The second-order valence-electron chi connectivity index (χ2n) is 8.71. The van der Waals surface area contributed by atoms with E-state index in [4.69, 9.17) is 0 Å². The molecule has 3 heterocycles. The van der Waals surface area contributed by atoms with Crippen LogP contribution >= 0.6 is 11.3 Å². The summed E-state index contributed by atoms with van der Waals surface area (Å²) in [6, 6.07) is 4.77. The monoisotopic (exact) mass is 505 g/mol. The fourth-order valence-corrected chi connectivity index (χ4v) is 5.37. The Morgan fingerprint density at radius 3 is 2.54 bits per heavy atom. The lowest BCUT2D eigenvalue weighted by Gasteiger charge is -2.34. The average molecular weight is 506 g/mol. The molecule has 0 radical (unpaired) electrons. The maximum Gasteiger partial charge on any atom is 0.418 e. The highest BCUT2D eigenvalue weighted by atomic mass is 32.1. The fourth-order valence-electron chi connectivity index (χ4n) is 4.38. The van der Waals surface area contributed by atoms with Crippen LogP contribution in [0.15, 0.2) is 30.6 Å². The van der Waals surface area contributed by atoms with Gasteiger partial charge in [0.25, 0.3) is 0 Å². The van der Waals surface area contributed by atoms with Crippen LogP contribution in [-0.2, 0) is 15.8 Å². The van der Waals surface area contributed by atoms with Crippen molar-refractivity contribution in [2.45, 2.75) is 32.9 Å². The second-order valence-corrected chi connectivity index (χ2v) is 9.91.